The zero-order valence-corrected chi connectivity index (χ0v) is 12.4. The first kappa shape index (κ1) is 18.2. The van der Waals surface area contributed by atoms with E-state index in [1.54, 1.807) is 38.4 Å². The van der Waals surface area contributed by atoms with Crippen molar-refractivity contribution in [2.75, 3.05) is 33.8 Å². The molecular weight excluding hydrogens is 282 g/mol. The molecule has 1 aromatic rings. The second-order valence-corrected chi connectivity index (χ2v) is 3.87. The minimum Gasteiger partial charge on any atom is -0.497 e. The van der Waals surface area contributed by atoms with Gasteiger partial charge < -0.3 is 20.7 Å². The lowest BCUT2D eigenvalue weighted by Gasteiger charge is -2.07. The lowest BCUT2D eigenvalue weighted by molar-refractivity contribution is -0.120. The monoisotopic (exact) mass is 301 g/mol. The van der Waals surface area contributed by atoms with Crippen molar-refractivity contribution in [3.8, 4) is 5.75 Å². The fourth-order valence-corrected chi connectivity index (χ4v) is 1.47. The van der Waals surface area contributed by atoms with E-state index in [-0.39, 0.29) is 30.8 Å². The fraction of sp³-hybridized carbons (Fsp3) is 0.385. The van der Waals surface area contributed by atoms with Gasteiger partial charge in [0.25, 0.3) is 5.91 Å². The van der Waals surface area contributed by atoms with E-state index < -0.39 is 0 Å². The van der Waals surface area contributed by atoms with Crippen molar-refractivity contribution in [3.05, 3.63) is 29.8 Å². The maximum Gasteiger partial charge on any atom is 0.251 e. The Bertz CT molecular complexity index is 441. The van der Waals surface area contributed by atoms with Crippen molar-refractivity contribution in [1.29, 1.82) is 0 Å². The SMILES string of the molecule is CNCC(=O)NCCNC(=O)c1cccc(OC)c1.Cl. The summed E-state index contributed by atoms with van der Waals surface area (Å²) in [6.45, 7) is 1.05. The van der Waals surface area contributed by atoms with E-state index in [4.69, 9.17) is 4.74 Å². The highest BCUT2D eigenvalue weighted by Crippen LogP contribution is 2.11. The number of nitrogens with one attached hydrogen (secondary N) is 3. The molecule has 7 heteroatoms. The van der Waals surface area contributed by atoms with Crippen LogP contribution in [-0.4, -0.2) is 45.6 Å². The Labute approximate surface area is 124 Å². The Hall–Kier alpha value is -1.79. The largest absolute Gasteiger partial charge is 0.497 e. The smallest absolute Gasteiger partial charge is 0.251 e. The average molecular weight is 302 g/mol. The number of halogens is 1. The van der Waals surface area contributed by atoms with Crippen molar-refractivity contribution >= 4 is 24.2 Å². The van der Waals surface area contributed by atoms with Gasteiger partial charge in [-0.05, 0) is 25.2 Å². The predicted octanol–water partition coefficient (Wildman–Crippen LogP) is 0.182. The molecule has 20 heavy (non-hydrogen) atoms. The predicted molar refractivity (Wildman–Crippen MR) is 79.5 cm³/mol. The molecule has 0 saturated heterocycles. The van der Waals surface area contributed by atoms with E-state index in [9.17, 15) is 9.59 Å². The van der Waals surface area contributed by atoms with Gasteiger partial charge >= 0.3 is 0 Å². The molecule has 0 bridgehead atoms. The molecule has 0 saturated carbocycles. The van der Waals surface area contributed by atoms with E-state index in [0.29, 0.717) is 24.4 Å². The number of carbonyl (C=O) groups excluding carboxylic acids is 2. The first-order valence-electron chi connectivity index (χ1n) is 6.01. The summed E-state index contributed by atoms with van der Waals surface area (Å²) in [5.41, 5.74) is 0.529. The van der Waals surface area contributed by atoms with E-state index in [0.717, 1.165) is 0 Å². The van der Waals surface area contributed by atoms with Gasteiger partial charge in [0.05, 0.1) is 13.7 Å². The fourth-order valence-electron chi connectivity index (χ4n) is 1.47. The van der Waals surface area contributed by atoms with Gasteiger partial charge in [0.15, 0.2) is 0 Å². The zero-order chi connectivity index (χ0) is 14.1. The van der Waals surface area contributed by atoms with Crippen LogP contribution in [0.3, 0.4) is 0 Å². The molecule has 3 N–H and O–H groups in total. The third-order valence-corrected chi connectivity index (χ3v) is 2.40. The molecule has 1 aromatic carbocycles. The van der Waals surface area contributed by atoms with Gasteiger partial charge in [-0.2, -0.15) is 0 Å². The van der Waals surface area contributed by atoms with Crippen LogP contribution in [0.1, 0.15) is 10.4 Å². The first-order valence-corrected chi connectivity index (χ1v) is 6.01. The maximum atomic E-state index is 11.8. The van der Waals surface area contributed by atoms with Crippen LogP contribution in [0.5, 0.6) is 5.75 Å². The highest BCUT2D eigenvalue weighted by Gasteiger charge is 2.06. The van der Waals surface area contributed by atoms with Crippen LogP contribution in [0.2, 0.25) is 0 Å². The van der Waals surface area contributed by atoms with Crippen LogP contribution >= 0.6 is 12.4 Å². The molecule has 0 spiro atoms. The van der Waals surface area contributed by atoms with Crippen LogP contribution in [-0.2, 0) is 4.79 Å². The number of hydrogen-bond donors (Lipinski definition) is 3. The molecule has 0 atom stereocenters. The minimum absolute atomic E-state index is 0. The van der Waals surface area contributed by atoms with Crippen LogP contribution in [0, 0.1) is 0 Å². The van der Waals surface area contributed by atoms with Gasteiger partial charge in [-0.3, -0.25) is 9.59 Å². The molecule has 0 aromatic heterocycles. The average Bonchev–Trinajstić information content (AvgIpc) is 2.43. The van der Waals surface area contributed by atoms with Gasteiger partial charge in [-0.25, -0.2) is 0 Å². The summed E-state index contributed by atoms with van der Waals surface area (Å²) < 4.78 is 5.05. The van der Waals surface area contributed by atoms with E-state index in [1.807, 2.05) is 0 Å². The normalized spacial score (nSPS) is 9.30. The molecular formula is C13H20ClN3O3. The Morgan fingerprint density at radius 3 is 2.55 bits per heavy atom. The van der Waals surface area contributed by atoms with Gasteiger partial charge in [0, 0.05) is 18.7 Å². The van der Waals surface area contributed by atoms with Crippen LogP contribution in [0.4, 0.5) is 0 Å². The van der Waals surface area contributed by atoms with Gasteiger partial charge in [0.2, 0.25) is 5.91 Å². The van der Waals surface area contributed by atoms with E-state index in [2.05, 4.69) is 16.0 Å². The Morgan fingerprint density at radius 2 is 1.90 bits per heavy atom. The number of ether oxygens (including phenoxy) is 1. The third-order valence-electron chi connectivity index (χ3n) is 2.40. The second-order valence-electron chi connectivity index (χ2n) is 3.87. The van der Waals surface area contributed by atoms with Gasteiger partial charge in [-0.1, -0.05) is 6.07 Å². The summed E-state index contributed by atoms with van der Waals surface area (Å²) in [5.74, 6) is 0.342. The van der Waals surface area contributed by atoms with Crippen molar-refractivity contribution < 1.29 is 14.3 Å². The standard InChI is InChI=1S/C13H19N3O3.ClH/c1-14-9-12(17)15-6-7-16-13(18)10-4-3-5-11(8-10)19-2;/h3-5,8,14H,6-7,9H2,1-2H3,(H,15,17)(H,16,18);1H. The van der Waals surface area contributed by atoms with Crippen LogP contribution < -0.4 is 20.7 Å². The number of methoxy groups -OCH3 is 1. The highest BCUT2D eigenvalue weighted by atomic mass is 35.5. The van der Waals surface area contributed by atoms with Crippen molar-refractivity contribution in [1.82, 2.24) is 16.0 Å². The third kappa shape index (κ3) is 6.40. The molecule has 0 heterocycles. The summed E-state index contributed by atoms with van der Waals surface area (Å²) >= 11 is 0. The molecule has 0 unspecified atom stereocenters. The molecule has 0 aliphatic rings. The number of amides is 2. The Kier molecular flexibility index (Phi) is 9.15. The van der Waals surface area contributed by atoms with Crippen LogP contribution in [0.15, 0.2) is 24.3 Å². The molecule has 6 nitrogen and oxygen atoms in total. The summed E-state index contributed by atoms with van der Waals surface area (Å²) in [6.07, 6.45) is 0. The molecule has 0 aliphatic heterocycles. The number of rotatable bonds is 7. The number of likely N-dealkylation sites (N-methyl/N-ethyl adjacent to an activating group) is 1. The quantitative estimate of drug-likeness (QED) is 0.628. The highest BCUT2D eigenvalue weighted by molar-refractivity contribution is 5.94. The van der Waals surface area contributed by atoms with Crippen molar-refractivity contribution in [3.63, 3.8) is 0 Å². The molecule has 0 fully saturated rings. The summed E-state index contributed by atoms with van der Waals surface area (Å²) in [5, 5.41) is 8.13. The molecule has 112 valence electrons. The van der Waals surface area contributed by atoms with E-state index >= 15 is 0 Å². The number of hydrogen-bond acceptors (Lipinski definition) is 4. The topological polar surface area (TPSA) is 79.5 Å². The molecule has 1 rings (SSSR count). The number of benzene rings is 1. The second kappa shape index (κ2) is 10.1. The van der Waals surface area contributed by atoms with Gasteiger partial charge in [-0.15, -0.1) is 12.4 Å². The van der Waals surface area contributed by atoms with Crippen molar-refractivity contribution in [2.24, 2.45) is 0 Å². The van der Waals surface area contributed by atoms with Gasteiger partial charge in [0.1, 0.15) is 5.75 Å². The summed E-state index contributed by atoms with van der Waals surface area (Å²) in [6, 6.07) is 6.89. The Balaban J connectivity index is 0.00000361. The lowest BCUT2D eigenvalue weighted by atomic mass is 10.2. The zero-order valence-electron chi connectivity index (χ0n) is 11.6. The van der Waals surface area contributed by atoms with Crippen molar-refractivity contribution in [2.45, 2.75) is 0 Å². The Morgan fingerprint density at radius 1 is 1.20 bits per heavy atom. The summed E-state index contributed by atoms with van der Waals surface area (Å²) in [7, 11) is 3.25. The first-order chi connectivity index (χ1) is 9.17. The maximum absolute atomic E-state index is 11.8. The lowest BCUT2D eigenvalue weighted by Crippen LogP contribution is -2.38. The molecule has 2 amide bonds. The molecule has 0 radical (unpaired) electrons. The van der Waals surface area contributed by atoms with E-state index in [1.165, 1.54) is 0 Å². The minimum atomic E-state index is -0.193. The number of carbonyl (C=O) groups is 2. The van der Waals surface area contributed by atoms with Crippen LogP contribution in [0.25, 0.3) is 0 Å². The molecule has 0 aliphatic carbocycles. The summed E-state index contributed by atoms with van der Waals surface area (Å²) in [4.78, 5) is 22.9.